The molecule has 0 spiro atoms. The molecule has 0 aromatic heterocycles. The van der Waals surface area contributed by atoms with E-state index in [1.165, 1.54) is 38.3 Å². The Balaban J connectivity index is 2.56. The highest BCUT2D eigenvalue weighted by atomic mass is 32.2. The lowest BCUT2D eigenvalue weighted by Crippen LogP contribution is -2.51. The van der Waals surface area contributed by atoms with Crippen LogP contribution in [0, 0.1) is 10.1 Å². The molecular weight excluding hydrogens is 492 g/mol. The number of sulfonamides is 1. The minimum atomic E-state index is -4.10. The molecule has 2 rings (SSSR count). The molecule has 0 aliphatic carbocycles. The predicted octanol–water partition coefficient (Wildman–Crippen LogP) is 1.93. The van der Waals surface area contributed by atoms with Gasteiger partial charge in [-0.2, -0.15) is 0 Å². The first-order chi connectivity index (χ1) is 17.0. The molecular formula is C23H30N4O8S. The first-order valence-corrected chi connectivity index (χ1v) is 12.8. The Labute approximate surface area is 210 Å². The van der Waals surface area contributed by atoms with Gasteiger partial charge in [-0.25, -0.2) is 8.42 Å². The number of benzene rings is 2. The normalized spacial score (nSPS) is 11.8. The van der Waals surface area contributed by atoms with Crippen molar-refractivity contribution in [2.45, 2.75) is 25.9 Å². The minimum absolute atomic E-state index is 0.00830. The van der Waals surface area contributed by atoms with E-state index in [2.05, 4.69) is 5.32 Å². The van der Waals surface area contributed by atoms with Gasteiger partial charge in [0.25, 0.3) is 5.69 Å². The van der Waals surface area contributed by atoms with Crippen molar-refractivity contribution in [3.05, 3.63) is 58.1 Å². The van der Waals surface area contributed by atoms with Crippen LogP contribution in [0.25, 0.3) is 0 Å². The van der Waals surface area contributed by atoms with Crippen LogP contribution >= 0.6 is 0 Å². The average molecular weight is 523 g/mol. The van der Waals surface area contributed by atoms with Crippen LogP contribution in [-0.4, -0.2) is 70.2 Å². The summed E-state index contributed by atoms with van der Waals surface area (Å²) in [6, 6.07) is 9.45. The fraction of sp³-hybridized carbons (Fsp3) is 0.391. The second-order valence-electron chi connectivity index (χ2n) is 7.79. The third kappa shape index (κ3) is 6.84. The Hall–Kier alpha value is -3.87. The van der Waals surface area contributed by atoms with Gasteiger partial charge < -0.3 is 19.7 Å². The van der Waals surface area contributed by atoms with Gasteiger partial charge in [0, 0.05) is 25.7 Å². The average Bonchev–Trinajstić information content (AvgIpc) is 2.85. The van der Waals surface area contributed by atoms with Crippen molar-refractivity contribution < 1.29 is 32.4 Å². The summed E-state index contributed by atoms with van der Waals surface area (Å²) in [4.78, 5) is 38.1. The number of nitrogens with one attached hydrogen (secondary N) is 1. The zero-order valence-electron chi connectivity index (χ0n) is 20.8. The summed E-state index contributed by atoms with van der Waals surface area (Å²) in [5.74, 6) is -0.539. The van der Waals surface area contributed by atoms with E-state index in [0.29, 0.717) is 11.3 Å². The number of hydrogen-bond donors (Lipinski definition) is 1. The van der Waals surface area contributed by atoms with Gasteiger partial charge in [0.2, 0.25) is 21.8 Å². The molecule has 1 unspecified atom stereocenters. The number of likely N-dealkylation sites (N-methyl/N-ethyl adjacent to an activating group) is 1. The summed E-state index contributed by atoms with van der Waals surface area (Å²) in [6.07, 6.45) is 1.13. The SMILES string of the molecule is CCC(C(=O)NC)N(Cc1cccc(OC)c1)C(=O)CN(c1cc([N+](=O)[O-])ccc1OC)S(C)(=O)=O. The maximum absolute atomic E-state index is 13.6. The van der Waals surface area contributed by atoms with Crippen LogP contribution in [0.1, 0.15) is 18.9 Å². The predicted molar refractivity (Wildman–Crippen MR) is 134 cm³/mol. The molecule has 36 heavy (non-hydrogen) atoms. The van der Waals surface area contributed by atoms with E-state index in [0.717, 1.165) is 16.6 Å². The third-order valence-corrected chi connectivity index (χ3v) is 6.57. The summed E-state index contributed by atoms with van der Waals surface area (Å²) in [5, 5.41) is 13.8. The van der Waals surface area contributed by atoms with Crippen molar-refractivity contribution in [2.24, 2.45) is 0 Å². The number of methoxy groups -OCH3 is 2. The molecule has 196 valence electrons. The van der Waals surface area contributed by atoms with E-state index >= 15 is 0 Å². The highest BCUT2D eigenvalue weighted by molar-refractivity contribution is 7.92. The molecule has 2 aromatic rings. The lowest BCUT2D eigenvalue weighted by Gasteiger charge is -2.32. The van der Waals surface area contributed by atoms with Gasteiger partial charge >= 0.3 is 0 Å². The fourth-order valence-corrected chi connectivity index (χ4v) is 4.48. The molecule has 13 heteroatoms. The van der Waals surface area contributed by atoms with Crippen molar-refractivity contribution >= 4 is 33.2 Å². The van der Waals surface area contributed by atoms with Gasteiger partial charge in [0.15, 0.2) is 0 Å². The Morgan fingerprint density at radius 3 is 2.36 bits per heavy atom. The molecule has 0 aliphatic rings. The minimum Gasteiger partial charge on any atom is -0.497 e. The molecule has 0 radical (unpaired) electrons. The molecule has 12 nitrogen and oxygen atoms in total. The summed E-state index contributed by atoms with van der Waals surface area (Å²) < 4.78 is 36.7. The van der Waals surface area contributed by atoms with Crippen molar-refractivity contribution in [3.8, 4) is 11.5 Å². The monoisotopic (exact) mass is 522 g/mol. The number of nitro groups is 1. The highest BCUT2D eigenvalue weighted by Crippen LogP contribution is 2.34. The number of nitro benzene ring substituents is 1. The van der Waals surface area contributed by atoms with Crippen molar-refractivity contribution in [3.63, 3.8) is 0 Å². The number of anilines is 1. The maximum Gasteiger partial charge on any atom is 0.271 e. The smallest absolute Gasteiger partial charge is 0.271 e. The highest BCUT2D eigenvalue weighted by Gasteiger charge is 2.33. The van der Waals surface area contributed by atoms with Crippen LogP contribution in [-0.2, 0) is 26.2 Å². The number of ether oxygens (including phenoxy) is 2. The molecule has 2 aromatic carbocycles. The second kappa shape index (κ2) is 12.2. The Morgan fingerprint density at radius 1 is 1.14 bits per heavy atom. The van der Waals surface area contributed by atoms with E-state index in [4.69, 9.17) is 9.47 Å². The quantitative estimate of drug-likeness (QED) is 0.328. The lowest BCUT2D eigenvalue weighted by molar-refractivity contribution is -0.384. The van der Waals surface area contributed by atoms with Crippen molar-refractivity contribution in [1.29, 1.82) is 0 Å². The van der Waals surface area contributed by atoms with E-state index in [9.17, 15) is 28.1 Å². The Bertz CT molecular complexity index is 1220. The topological polar surface area (TPSA) is 148 Å². The van der Waals surface area contributed by atoms with Crippen LogP contribution in [0.5, 0.6) is 11.5 Å². The van der Waals surface area contributed by atoms with Gasteiger partial charge in [-0.05, 0) is 30.2 Å². The summed E-state index contributed by atoms with van der Waals surface area (Å²) in [6.45, 7) is 1.00. The number of amides is 2. The number of non-ortho nitro benzene ring substituents is 1. The number of carbonyl (C=O) groups excluding carboxylic acids is 2. The molecule has 0 saturated heterocycles. The van der Waals surface area contributed by atoms with Gasteiger partial charge in [-0.1, -0.05) is 19.1 Å². The van der Waals surface area contributed by atoms with Crippen molar-refractivity contribution in [1.82, 2.24) is 10.2 Å². The van der Waals surface area contributed by atoms with Gasteiger partial charge in [-0.15, -0.1) is 0 Å². The molecule has 0 aliphatic heterocycles. The Kier molecular flexibility index (Phi) is 9.61. The van der Waals surface area contributed by atoms with E-state index < -0.39 is 39.3 Å². The molecule has 0 heterocycles. The van der Waals surface area contributed by atoms with Gasteiger partial charge in [-0.3, -0.25) is 24.0 Å². The summed E-state index contributed by atoms with van der Waals surface area (Å²) >= 11 is 0. The largest absolute Gasteiger partial charge is 0.497 e. The second-order valence-corrected chi connectivity index (χ2v) is 9.70. The van der Waals surface area contributed by atoms with E-state index in [1.54, 1.807) is 31.2 Å². The number of hydrogen-bond acceptors (Lipinski definition) is 8. The molecule has 2 amide bonds. The molecule has 0 fully saturated rings. The molecule has 0 bridgehead atoms. The molecule has 1 N–H and O–H groups in total. The van der Waals surface area contributed by atoms with Crippen LogP contribution in [0.2, 0.25) is 0 Å². The maximum atomic E-state index is 13.6. The third-order valence-electron chi connectivity index (χ3n) is 5.44. The number of carbonyl (C=O) groups is 2. The number of nitrogens with zero attached hydrogens (tertiary/aromatic N) is 3. The lowest BCUT2D eigenvalue weighted by atomic mass is 10.1. The zero-order valence-corrected chi connectivity index (χ0v) is 21.6. The van der Waals surface area contributed by atoms with E-state index in [1.807, 2.05) is 0 Å². The molecule has 1 atom stereocenters. The van der Waals surface area contributed by atoms with Crippen LogP contribution < -0.4 is 19.1 Å². The first kappa shape index (κ1) is 28.4. The summed E-state index contributed by atoms with van der Waals surface area (Å²) in [5.41, 5.74) is 0.109. The van der Waals surface area contributed by atoms with Gasteiger partial charge in [0.1, 0.15) is 29.8 Å². The van der Waals surface area contributed by atoms with Crippen molar-refractivity contribution in [2.75, 3.05) is 38.4 Å². The Morgan fingerprint density at radius 2 is 1.83 bits per heavy atom. The zero-order chi connectivity index (χ0) is 27.0. The summed E-state index contributed by atoms with van der Waals surface area (Å²) in [7, 11) is 0.116. The molecule has 0 saturated carbocycles. The van der Waals surface area contributed by atoms with Crippen LogP contribution in [0.15, 0.2) is 42.5 Å². The van der Waals surface area contributed by atoms with Gasteiger partial charge in [0.05, 0.1) is 25.4 Å². The number of rotatable bonds is 12. The standard InChI is InChI=1S/C23H30N4O8S/c1-6-19(23(29)24-2)25(14-16-8-7-9-18(12-16)34-3)22(28)15-26(36(5,32)33)20-13-17(27(30)31)10-11-21(20)35-4/h7-13,19H,6,14-15H2,1-5H3,(H,24,29). The van der Waals surface area contributed by atoms with Crippen LogP contribution in [0.4, 0.5) is 11.4 Å². The fourth-order valence-electron chi connectivity index (χ4n) is 3.64. The first-order valence-electron chi connectivity index (χ1n) is 10.9. The van der Waals surface area contributed by atoms with E-state index in [-0.39, 0.29) is 30.1 Å². The van der Waals surface area contributed by atoms with Crippen LogP contribution in [0.3, 0.4) is 0 Å².